The molecule has 0 amide bonds. The van der Waals surface area contributed by atoms with Crippen LogP contribution in [0, 0.1) is 0 Å². The van der Waals surface area contributed by atoms with Crippen molar-refractivity contribution >= 4 is 5.97 Å². The van der Waals surface area contributed by atoms with Gasteiger partial charge in [0, 0.05) is 6.92 Å². The van der Waals surface area contributed by atoms with E-state index in [2.05, 4.69) is 6.92 Å². The lowest BCUT2D eigenvalue weighted by Gasteiger charge is -2.10. The van der Waals surface area contributed by atoms with Gasteiger partial charge in [-0.05, 0) is 12.8 Å². The van der Waals surface area contributed by atoms with Gasteiger partial charge in [-0.15, -0.1) is 0 Å². The number of carbonyl (C=O) groups is 1. The Morgan fingerprint density at radius 1 is 0.680 bits per heavy atom. The molecular weight excluding hydrogens is 310 g/mol. The van der Waals surface area contributed by atoms with Gasteiger partial charge in [0.2, 0.25) is 0 Å². The SMILES string of the molecule is CCCCCCCCCCCCCCCCCCCC(N)OC(C)=O. The maximum Gasteiger partial charge on any atom is 0.304 e. The average molecular weight is 356 g/mol. The van der Waals surface area contributed by atoms with Crippen molar-refractivity contribution in [2.24, 2.45) is 5.73 Å². The fourth-order valence-electron chi connectivity index (χ4n) is 3.34. The van der Waals surface area contributed by atoms with E-state index in [0.29, 0.717) is 0 Å². The van der Waals surface area contributed by atoms with Gasteiger partial charge in [0.1, 0.15) is 0 Å². The number of unbranched alkanes of at least 4 members (excludes halogenated alkanes) is 16. The summed E-state index contributed by atoms with van der Waals surface area (Å²) in [4.78, 5) is 10.7. The Labute approximate surface area is 157 Å². The summed E-state index contributed by atoms with van der Waals surface area (Å²) in [6.07, 6.45) is 23.7. The van der Waals surface area contributed by atoms with Crippen molar-refractivity contribution < 1.29 is 9.53 Å². The summed E-state index contributed by atoms with van der Waals surface area (Å²) in [5.41, 5.74) is 5.70. The fraction of sp³-hybridized carbons (Fsp3) is 0.955. The summed E-state index contributed by atoms with van der Waals surface area (Å²) in [7, 11) is 0. The Morgan fingerprint density at radius 2 is 1.00 bits per heavy atom. The van der Waals surface area contributed by atoms with Crippen LogP contribution in [0.25, 0.3) is 0 Å². The van der Waals surface area contributed by atoms with Crippen LogP contribution >= 0.6 is 0 Å². The molecule has 0 heterocycles. The highest BCUT2D eigenvalue weighted by Gasteiger charge is 2.04. The zero-order chi connectivity index (χ0) is 18.6. The number of esters is 1. The van der Waals surface area contributed by atoms with E-state index in [4.69, 9.17) is 10.5 Å². The molecule has 3 nitrogen and oxygen atoms in total. The van der Waals surface area contributed by atoms with Crippen molar-refractivity contribution in [1.29, 1.82) is 0 Å². The fourth-order valence-corrected chi connectivity index (χ4v) is 3.34. The van der Waals surface area contributed by atoms with Gasteiger partial charge >= 0.3 is 5.97 Å². The van der Waals surface area contributed by atoms with Gasteiger partial charge in [0.15, 0.2) is 6.23 Å². The highest BCUT2D eigenvalue weighted by atomic mass is 16.5. The second-order valence-corrected chi connectivity index (χ2v) is 7.59. The van der Waals surface area contributed by atoms with Crippen molar-refractivity contribution in [3.8, 4) is 0 Å². The molecule has 0 aliphatic heterocycles. The Bertz CT molecular complexity index is 281. The van der Waals surface area contributed by atoms with E-state index in [1.54, 1.807) is 0 Å². The van der Waals surface area contributed by atoms with Gasteiger partial charge in [-0.25, -0.2) is 0 Å². The Morgan fingerprint density at radius 3 is 1.32 bits per heavy atom. The van der Waals surface area contributed by atoms with Crippen LogP contribution in [-0.2, 0) is 9.53 Å². The maximum atomic E-state index is 10.7. The van der Waals surface area contributed by atoms with Crippen LogP contribution in [0.3, 0.4) is 0 Å². The Balaban J connectivity index is 3.06. The molecule has 0 spiro atoms. The Hall–Kier alpha value is -0.570. The molecule has 0 saturated heterocycles. The van der Waals surface area contributed by atoms with Gasteiger partial charge < -0.3 is 4.74 Å². The smallest absolute Gasteiger partial charge is 0.304 e. The van der Waals surface area contributed by atoms with Crippen LogP contribution in [0.15, 0.2) is 0 Å². The molecule has 25 heavy (non-hydrogen) atoms. The third-order valence-corrected chi connectivity index (χ3v) is 4.91. The van der Waals surface area contributed by atoms with E-state index in [0.717, 1.165) is 12.8 Å². The third kappa shape index (κ3) is 21.4. The highest BCUT2D eigenvalue weighted by molar-refractivity contribution is 5.66. The second-order valence-electron chi connectivity index (χ2n) is 7.59. The summed E-state index contributed by atoms with van der Waals surface area (Å²) in [6, 6.07) is 0. The lowest BCUT2D eigenvalue weighted by molar-refractivity contribution is -0.146. The minimum absolute atomic E-state index is 0.278. The number of hydrogen-bond acceptors (Lipinski definition) is 3. The van der Waals surface area contributed by atoms with Crippen molar-refractivity contribution in [1.82, 2.24) is 0 Å². The average Bonchev–Trinajstić information content (AvgIpc) is 2.57. The summed E-state index contributed by atoms with van der Waals surface area (Å²) in [5.74, 6) is -0.278. The first-order chi connectivity index (χ1) is 12.2. The first kappa shape index (κ1) is 24.4. The molecule has 1 unspecified atom stereocenters. The van der Waals surface area contributed by atoms with Gasteiger partial charge in [0.05, 0.1) is 0 Å². The molecule has 0 saturated carbocycles. The van der Waals surface area contributed by atoms with E-state index in [9.17, 15) is 4.79 Å². The minimum Gasteiger partial charge on any atom is -0.447 e. The molecule has 0 bridgehead atoms. The van der Waals surface area contributed by atoms with E-state index in [1.807, 2.05) is 0 Å². The zero-order valence-corrected chi connectivity index (χ0v) is 17.2. The summed E-state index contributed by atoms with van der Waals surface area (Å²) < 4.78 is 4.92. The van der Waals surface area contributed by atoms with Crippen molar-refractivity contribution in [2.75, 3.05) is 0 Å². The molecule has 0 aromatic rings. The van der Waals surface area contributed by atoms with Crippen molar-refractivity contribution in [3.05, 3.63) is 0 Å². The largest absolute Gasteiger partial charge is 0.447 e. The van der Waals surface area contributed by atoms with Gasteiger partial charge in [-0.3, -0.25) is 10.5 Å². The monoisotopic (exact) mass is 355 g/mol. The van der Waals surface area contributed by atoms with E-state index in [-0.39, 0.29) is 5.97 Å². The van der Waals surface area contributed by atoms with Gasteiger partial charge in [0.25, 0.3) is 0 Å². The van der Waals surface area contributed by atoms with Crippen LogP contribution in [0.2, 0.25) is 0 Å². The molecule has 1 atom stereocenters. The van der Waals surface area contributed by atoms with Crippen LogP contribution in [-0.4, -0.2) is 12.2 Å². The van der Waals surface area contributed by atoms with Gasteiger partial charge in [-0.1, -0.05) is 110 Å². The quantitative estimate of drug-likeness (QED) is 0.156. The Kier molecular flexibility index (Phi) is 19.3. The third-order valence-electron chi connectivity index (χ3n) is 4.91. The van der Waals surface area contributed by atoms with Gasteiger partial charge in [-0.2, -0.15) is 0 Å². The van der Waals surface area contributed by atoms with Crippen LogP contribution in [0.5, 0.6) is 0 Å². The maximum absolute atomic E-state index is 10.7. The summed E-state index contributed by atoms with van der Waals surface area (Å²) >= 11 is 0. The number of hydrogen-bond donors (Lipinski definition) is 1. The number of nitrogens with two attached hydrogens (primary N) is 1. The van der Waals surface area contributed by atoms with Crippen LogP contribution in [0.4, 0.5) is 0 Å². The predicted octanol–water partition coefficient (Wildman–Crippen LogP) is 6.88. The highest BCUT2D eigenvalue weighted by Crippen LogP contribution is 2.14. The first-order valence-corrected chi connectivity index (χ1v) is 11.1. The standard InChI is InChI=1S/C22H45NO2/c1-3-4-5-6-7-8-9-10-11-12-13-14-15-16-17-18-19-20-22(23)25-21(2)24/h22H,3-20,23H2,1-2H3. The first-order valence-electron chi connectivity index (χ1n) is 11.1. The van der Waals surface area contributed by atoms with Crippen LogP contribution < -0.4 is 5.73 Å². The predicted molar refractivity (Wildman–Crippen MR) is 109 cm³/mol. The topological polar surface area (TPSA) is 52.3 Å². The van der Waals surface area contributed by atoms with E-state index < -0.39 is 6.23 Å². The number of carbonyl (C=O) groups excluding carboxylic acids is 1. The molecule has 0 aliphatic carbocycles. The van der Waals surface area contributed by atoms with E-state index >= 15 is 0 Å². The molecule has 0 radical (unpaired) electrons. The second kappa shape index (κ2) is 19.8. The van der Waals surface area contributed by atoms with Crippen LogP contribution in [0.1, 0.15) is 129 Å². The molecule has 0 fully saturated rings. The molecule has 0 aromatic carbocycles. The molecule has 150 valence electrons. The lowest BCUT2D eigenvalue weighted by atomic mass is 10.0. The normalized spacial score (nSPS) is 12.3. The zero-order valence-electron chi connectivity index (χ0n) is 17.2. The molecule has 0 rings (SSSR count). The van der Waals surface area contributed by atoms with Crippen molar-refractivity contribution in [3.63, 3.8) is 0 Å². The molecular formula is C22H45NO2. The summed E-state index contributed by atoms with van der Waals surface area (Å²) in [6.45, 7) is 3.69. The molecule has 0 aromatic heterocycles. The number of ether oxygens (including phenoxy) is 1. The lowest BCUT2D eigenvalue weighted by Crippen LogP contribution is -2.25. The molecule has 2 N–H and O–H groups in total. The molecule has 0 aliphatic rings. The van der Waals surface area contributed by atoms with Crippen molar-refractivity contribution in [2.45, 2.75) is 136 Å². The summed E-state index contributed by atoms with van der Waals surface area (Å²) in [5, 5.41) is 0. The number of rotatable bonds is 19. The van der Waals surface area contributed by atoms with E-state index in [1.165, 1.54) is 110 Å². The molecule has 3 heteroatoms. The minimum atomic E-state index is -0.408.